The van der Waals surface area contributed by atoms with Crippen molar-refractivity contribution in [3.05, 3.63) is 57.6 Å². The third-order valence-corrected chi connectivity index (χ3v) is 5.85. The van der Waals surface area contributed by atoms with Gasteiger partial charge < -0.3 is 9.64 Å². The molecule has 0 spiro atoms. The maximum Gasteiger partial charge on any atom is 0.227 e. The second-order valence-corrected chi connectivity index (χ2v) is 7.89. The monoisotopic (exact) mass is 385 g/mol. The minimum atomic E-state index is 0.199. The zero-order valence-corrected chi connectivity index (χ0v) is 16.9. The molecule has 0 radical (unpaired) electrons. The van der Waals surface area contributed by atoms with Gasteiger partial charge in [-0.2, -0.15) is 0 Å². The zero-order chi connectivity index (χ0) is 19.1. The number of nitrogens with zero attached hydrogens (tertiary/aromatic N) is 3. The van der Waals surface area contributed by atoms with Crippen molar-refractivity contribution in [3.8, 4) is 0 Å². The molecule has 1 aliphatic rings. The first kappa shape index (κ1) is 19.7. The molecule has 2 aromatic rings. The van der Waals surface area contributed by atoms with E-state index >= 15 is 0 Å². The highest BCUT2D eigenvalue weighted by Gasteiger charge is 2.22. The van der Waals surface area contributed by atoms with E-state index in [1.807, 2.05) is 30.0 Å². The Morgan fingerprint density at radius 3 is 2.67 bits per heavy atom. The molecule has 0 bridgehead atoms. The molecule has 0 atom stereocenters. The van der Waals surface area contributed by atoms with Gasteiger partial charge in [0.1, 0.15) is 5.01 Å². The van der Waals surface area contributed by atoms with Crippen molar-refractivity contribution in [2.45, 2.75) is 20.0 Å². The average molecular weight is 386 g/mol. The molecule has 6 heteroatoms. The summed E-state index contributed by atoms with van der Waals surface area (Å²) in [6.07, 6.45) is 4.80. The number of rotatable bonds is 7. The normalized spacial score (nSPS) is 15.6. The lowest BCUT2D eigenvalue weighted by Gasteiger charge is -2.34. The predicted molar refractivity (Wildman–Crippen MR) is 110 cm³/mol. The van der Waals surface area contributed by atoms with Gasteiger partial charge in [0.25, 0.3) is 0 Å². The number of hydrogen-bond acceptors (Lipinski definition) is 5. The van der Waals surface area contributed by atoms with Gasteiger partial charge in [-0.1, -0.05) is 42.5 Å². The summed E-state index contributed by atoms with van der Waals surface area (Å²) in [5.41, 5.74) is 2.17. The summed E-state index contributed by atoms with van der Waals surface area (Å²) in [5, 5.41) is 0.938. The fourth-order valence-electron chi connectivity index (χ4n) is 3.17. The largest absolute Gasteiger partial charge is 0.378 e. The number of amides is 1. The van der Waals surface area contributed by atoms with E-state index in [-0.39, 0.29) is 5.91 Å². The van der Waals surface area contributed by atoms with E-state index in [1.54, 1.807) is 18.4 Å². The molecule has 1 aromatic heterocycles. The van der Waals surface area contributed by atoms with Crippen molar-refractivity contribution < 1.29 is 9.53 Å². The number of hydrogen-bond donors (Lipinski definition) is 0. The smallest absolute Gasteiger partial charge is 0.227 e. The van der Waals surface area contributed by atoms with Gasteiger partial charge >= 0.3 is 0 Å². The highest BCUT2D eigenvalue weighted by molar-refractivity contribution is 7.11. The Kier molecular flexibility index (Phi) is 7.15. The third kappa shape index (κ3) is 5.73. The highest BCUT2D eigenvalue weighted by atomic mass is 32.1. The first-order valence-electron chi connectivity index (χ1n) is 9.31. The summed E-state index contributed by atoms with van der Waals surface area (Å²) in [4.78, 5) is 22.5. The molecule has 27 heavy (non-hydrogen) atoms. The molecule has 3 rings (SSSR count). The van der Waals surface area contributed by atoms with Gasteiger partial charge in [0.05, 0.1) is 18.7 Å². The molecule has 0 N–H and O–H groups in total. The van der Waals surface area contributed by atoms with Crippen molar-refractivity contribution >= 4 is 23.3 Å². The van der Waals surface area contributed by atoms with Crippen LogP contribution in [0.3, 0.4) is 0 Å². The Hall–Kier alpha value is -2.02. The molecule has 1 fully saturated rings. The number of methoxy groups -OCH3 is 1. The molecule has 0 unspecified atom stereocenters. The van der Waals surface area contributed by atoms with Crippen LogP contribution in [0.25, 0.3) is 6.08 Å². The lowest BCUT2D eigenvalue weighted by atomic mass is 10.2. The zero-order valence-electron chi connectivity index (χ0n) is 16.1. The third-order valence-electron chi connectivity index (χ3n) is 4.72. The Morgan fingerprint density at radius 1 is 1.22 bits per heavy atom. The van der Waals surface area contributed by atoms with Gasteiger partial charge in [-0.25, -0.2) is 4.98 Å². The van der Waals surface area contributed by atoms with E-state index in [4.69, 9.17) is 4.74 Å². The molecule has 0 saturated carbocycles. The Bertz CT molecular complexity index is 765. The quantitative estimate of drug-likeness (QED) is 0.735. The van der Waals surface area contributed by atoms with Crippen LogP contribution in [0.5, 0.6) is 0 Å². The second kappa shape index (κ2) is 9.78. The van der Waals surface area contributed by atoms with Crippen LogP contribution in [0.2, 0.25) is 0 Å². The molecular formula is C21H27N3O2S. The van der Waals surface area contributed by atoms with Gasteiger partial charge in [0.15, 0.2) is 0 Å². The van der Waals surface area contributed by atoms with Gasteiger partial charge in [-0.3, -0.25) is 9.69 Å². The topological polar surface area (TPSA) is 45.7 Å². The molecule has 2 heterocycles. The summed E-state index contributed by atoms with van der Waals surface area (Å²) in [6.45, 7) is 6.82. The maximum absolute atomic E-state index is 12.6. The summed E-state index contributed by atoms with van der Waals surface area (Å²) in [6, 6.07) is 10.3. The molecule has 1 aromatic carbocycles. The molecule has 1 saturated heterocycles. The Balaban J connectivity index is 1.44. The van der Waals surface area contributed by atoms with Crippen LogP contribution in [-0.2, 0) is 22.6 Å². The van der Waals surface area contributed by atoms with Crippen molar-refractivity contribution in [2.24, 2.45) is 0 Å². The van der Waals surface area contributed by atoms with E-state index in [2.05, 4.69) is 34.2 Å². The van der Waals surface area contributed by atoms with Gasteiger partial charge in [-0.05, 0) is 12.5 Å². The summed E-state index contributed by atoms with van der Waals surface area (Å²) in [5.74, 6) is 0.199. The Labute approximate surface area is 165 Å². The van der Waals surface area contributed by atoms with Gasteiger partial charge in [0, 0.05) is 44.7 Å². The molecular weight excluding hydrogens is 358 g/mol. The maximum atomic E-state index is 12.6. The number of piperazine rings is 1. The number of carbonyl (C=O) groups is 1. The van der Waals surface area contributed by atoms with Crippen molar-refractivity contribution in [1.82, 2.24) is 14.8 Å². The molecule has 0 aliphatic carbocycles. The summed E-state index contributed by atoms with van der Waals surface area (Å²) >= 11 is 1.58. The fourth-order valence-corrected chi connectivity index (χ4v) is 4.20. The van der Waals surface area contributed by atoms with Crippen LogP contribution in [0, 0.1) is 6.92 Å². The van der Waals surface area contributed by atoms with Crippen LogP contribution < -0.4 is 0 Å². The fraction of sp³-hybridized carbons (Fsp3) is 0.429. The summed E-state index contributed by atoms with van der Waals surface area (Å²) in [7, 11) is 1.66. The first-order valence-corrected chi connectivity index (χ1v) is 10.1. The van der Waals surface area contributed by atoms with Crippen molar-refractivity contribution in [3.63, 3.8) is 0 Å². The number of aryl methyl sites for hydroxylation is 1. The van der Waals surface area contributed by atoms with Crippen molar-refractivity contribution in [1.29, 1.82) is 0 Å². The lowest BCUT2D eigenvalue weighted by molar-refractivity contribution is -0.132. The van der Waals surface area contributed by atoms with E-state index in [0.29, 0.717) is 13.0 Å². The van der Waals surface area contributed by atoms with Crippen LogP contribution in [0.15, 0.2) is 36.4 Å². The molecule has 5 nitrogen and oxygen atoms in total. The van der Waals surface area contributed by atoms with E-state index in [1.165, 1.54) is 5.56 Å². The van der Waals surface area contributed by atoms with E-state index in [0.717, 1.165) is 48.3 Å². The van der Waals surface area contributed by atoms with Gasteiger partial charge in [0.2, 0.25) is 5.91 Å². The van der Waals surface area contributed by atoms with Crippen LogP contribution in [-0.4, -0.2) is 60.5 Å². The minimum Gasteiger partial charge on any atom is -0.378 e. The first-order chi connectivity index (χ1) is 13.2. The SMILES string of the molecule is COCc1nc(C)c(CC(=O)N2CCN(C/C=C/c3ccccc3)CC2)s1. The predicted octanol–water partition coefficient (Wildman–Crippen LogP) is 3.00. The van der Waals surface area contributed by atoms with Crippen LogP contribution >= 0.6 is 11.3 Å². The number of thiazole rings is 1. The number of ether oxygens (including phenoxy) is 1. The van der Waals surface area contributed by atoms with E-state index < -0.39 is 0 Å². The van der Waals surface area contributed by atoms with E-state index in [9.17, 15) is 4.79 Å². The number of aromatic nitrogens is 1. The second-order valence-electron chi connectivity index (χ2n) is 6.72. The van der Waals surface area contributed by atoms with Crippen LogP contribution in [0.4, 0.5) is 0 Å². The van der Waals surface area contributed by atoms with Crippen molar-refractivity contribution in [2.75, 3.05) is 39.8 Å². The molecule has 1 aliphatic heterocycles. The molecule has 1 amide bonds. The highest BCUT2D eigenvalue weighted by Crippen LogP contribution is 2.20. The number of carbonyl (C=O) groups excluding carboxylic acids is 1. The standard InChI is InChI=1S/C21H27N3O2S/c1-17-19(27-20(22-17)16-26-2)15-21(25)24-13-11-23(12-14-24)10-6-9-18-7-4-3-5-8-18/h3-9H,10-16H2,1-2H3/b9-6+. The van der Waals surface area contributed by atoms with Crippen LogP contribution in [0.1, 0.15) is 21.1 Å². The Morgan fingerprint density at radius 2 is 1.96 bits per heavy atom. The lowest BCUT2D eigenvalue weighted by Crippen LogP contribution is -2.49. The van der Waals surface area contributed by atoms with Gasteiger partial charge in [-0.15, -0.1) is 11.3 Å². The summed E-state index contributed by atoms with van der Waals surface area (Å²) < 4.78 is 5.13. The number of benzene rings is 1. The average Bonchev–Trinajstić information content (AvgIpc) is 3.02. The minimum absolute atomic E-state index is 0.199. The molecule has 144 valence electrons.